The SMILES string of the molecule is CCC(CC)c1cc(Oc2ccc3c4ccccc4n(-c4cc(C(C)(C)C)ccn4)c3c2)cc(N2CN(c3cc(-c4ccccc4)cc(C(C)(C)C)c3)c3ccccc32)c1. The topological polar surface area (TPSA) is 33.5 Å². The summed E-state index contributed by atoms with van der Waals surface area (Å²) in [5, 5.41) is 2.37. The third-order valence-electron chi connectivity index (χ3n) is 12.4. The molecule has 5 nitrogen and oxygen atoms in total. The van der Waals surface area contributed by atoms with Crippen molar-refractivity contribution >= 4 is 44.6 Å². The van der Waals surface area contributed by atoms with Crippen LogP contribution in [0.4, 0.5) is 22.7 Å². The van der Waals surface area contributed by atoms with Gasteiger partial charge in [0.05, 0.1) is 22.4 Å². The van der Waals surface area contributed by atoms with E-state index in [0.717, 1.165) is 46.9 Å². The summed E-state index contributed by atoms with van der Waals surface area (Å²) in [7, 11) is 0. The summed E-state index contributed by atoms with van der Waals surface area (Å²) >= 11 is 0. The monoisotopic (exact) mass is 788 g/mol. The van der Waals surface area contributed by atoms with Crippen molar-refractivity contribution in [3.63, 3.8) is 0 Å². The zero-order valence-corrected chi connectivity index (χ0v) is 36.3. The molecule has 0 bridgehead atoms. The molecule has 3 heterocycles. The van der Waals surface area contributed by atoms with Gasteiger partial charge in [0.15, 0.2) is 0 Å². The number of benzene rings is 6. The van der Waals surface area contributed by atoms with Crippen molar-refractivity contribution in [3.05, 3.63) is 168 Å². The number of para-hydroxylation sites is 3. The van der Waals surface area contributed by atoms with Crippen LogP contribution in [0.2, 0.25) is 0 Å². The second-order valence-electron chi connectivity index (χ2n) is 18.4. The average Bonchev–Trinajstić information content (AvgIpc) is 3.80. The van der Waals surface area contributed by atoms with Gasteiger partial charge in [0.25, 0.3) is 0 Å². The van der Waals surface area contributed by atoms with Crippen molar-refractivity contribution in [3.8, 4) is 28.4 Å². The molecule has 1 aliphatic heterocycles. The summed E-state index contributed by atoms with van der Waals surface area (Å²) in [6, 6.07) is 53.0. The Kier molecular flexibility index (Phi) is 10.0. The van der Waals surface area contributed by atoms with Crippen LogP contribution in [0.3, 0.4) is 0 Å². The van der Waals surface area contributed by atoms with Gasteiger partial charge >= 0.3 is 0 Å². The van der Waals surface area contributed by atoms with Crippen LogP contribution in [0, 0.1) is 0 Å². The minimum absolute atomic E-state index is 0.00324. The van der Waals surface area contributed by atoms with E-state index in [1.165, 1.54) is 55.7 Å². The van der Waals surface area contributed by atoms with Gasteiger partial charge in [-0.2, -0.15) is 0 Å². The number of ether oxygens (including phenoxy) is 1. The molecule has 5 heteroatoms. The molecule has 9 rings (SSSR count). The lowest BCUT2D eigenvalue weighted by Crippen LogP contribution is -2.24. The van der Waals surface area contributed by atoms with Crippen LogP contribution in [0.1, 0.15) is 90.8 Å². The molecular formula is C55H56N4O. The number of nitrogens with zero attached hydrogens (tertiary/aromatic N) is 4. The summed E-state index contributed by atoms with van der Waals surface area (Å²) in [5.41, 5.74) is 13.2. The smallest absolute Gasteiger partial charge is 0.137 e. The van der Waals surface area contributed by atoms with E-state index in [0.29, 0.717) is 12.6 Å². The van der Waals surface area contributed by atoms with Crippen molar-refractivity contribution in [1.29, 1.82) is 0 Å². The summed E-state index contributed by atoms with van der Waals surface area (Å²) in [4.78, 5) is 9.83. The Bertz CT molecular complexity index is 2840. The molecule has 0 aliphatic carbocycles. The number of pyridine rings is 1. The highest BCUT2D eigenvalue weighted by Gasteiger charge is 2.30. The lowest BCUT2D eigenvalue weighted by Gasteiger charge is -2.27. The summed E-state index contributed by atoms with van der Waals surface area (Å²) in [5.74, 6) is 2.94. The molecule has 0 amide bonds. The Hall–Kier alpha value is -6.33. The molecular weight excluding hydrogens is 733 g/mol. The number of hydrogen-bond acceptors (Lipinski definition) is 4. The molecule has 2 aromatic heterocycles. The first kappa shape index (κ1) is 39.1. The van der Waals surface area contributed by atoms with E-state index in [4.69, 9.17) is 9.72 Å². The van der Waals surface area contributed by atoms with Gasteiger partial charge in [-0.25, -0.2) is 4.98 Å². The van der Waals surface area contributed by atoms with Crippen LogP contribution in [-0.2, 0) is 10.8 Å². The Labute approximate surface area is 355 Å². The van der Waals surface area contributed by atoms with E-state index in [1.807, 2.05) is 6.20 Å². The number of rotatable bonds is 9. The molecule has 0 atom stereocenters. The molecule has 302 valence electrons. The molecule has 0 saturated carbocycles. The van der Waals surface area contributed by atoms with Crippen LogP contribution in [0.5, 0.6) is 11.5 Å². The summed E-state index contributed by atoms with van der Waals surface area (Å²) < 4.78 is 9.26. The van der Waals surface area contributed by atoms with Crippen molar-refractivity contribution in [1.82, 2.24) is 9.55 Å². The first-order chi connectivity index (χ1) is 28.9. The highest BCUT2D eigenvalue weighted by atomic mass is 16.5. The van der Waals surface area contributed by atoms with Gasteiger partial charge in [-0.15, -0.1) is 0 Å². The fourth-order valence-corrected chi connectivity index (χ4v) is 8.87. The van der Waals surface area contributed by atoms with E-state index in [9.17, 15) is 0 Å². The van der Waals surface area contributed by atoms with Gasteiger partial charge in [0.1, 0.15) is 24.0 Å². The molecule has 0 unspecified atom stereocenters. The molecule has 6 aromatic carbocycles. The first-order valence-corrected chi connectivity index (χ1v) is 21.6. The molecule has 0 fully saturated rings. The van der Waals surface area contributed by atoms with Gasteiger partial charge in [0, 0.05) is 40.5 Å². The predicted molar refractivity (Wildman–Crippen MR) is 253 cm³/mol. The number of fused-ring (bicyclic) bond motifs is 4. The van der Waals surface area contributed by atoms with E-state index >= 15 is 0 Å². The number of aromatic nitrogens is 2. The zero-order valence-electron chi connectivity index (χ0n) is 36.3. The second kappa shape index (κ2) is 15.4. The van der Waals surface area contributed by atoms with Gasteiger partial charge < -0.3 is 14.5 Å². The lowest BCUT2D eigenvalue weighted by atomic mass is 9.85. The van der Waals surface area contributed by atoms with Crippen LogP contribution >= 0.6 is 0 Å². The minimum Gasteiger partial charge on any atom is -0.457 e. The van der Waals surface area contributed by atoms with Crippen LogP contribution < -0.4 is 14.5 Å². The van der Waals surface area contributed by atoms with E-state index in [2.05, 4.69) is 215 Å². The largest absolute Gasteiger partial charge is 0.457 e. The molecule has 60 heavy (non-hydrogen) atoms. The van der Waals surface area contributed by atoms with E-state index < -0.39 is 0 Å². The quantitative estimate of drug-likeness (QED) is 0.146. The number of hydrogen-bond donors (Lipinski definition) is 0. The Balaban J connectivity index is 1.13. The Morgan fingerprint density at radius 3 is 1.90 bits per heavy atom. The highest BCUT2D eigenvalue weighted by Crippen LogP contribution is 2.47. The van der Waals surface area contributed by atoms with Gasteiger partial charge in [-0.1, -0.05) is 122 Å². The van der Waals surface area contributed by atoms with Gasteiger partial charge in [0.2, 0.25) is 0 Å². The van der Waals surface area contributed by atoms with Gasteiger partial charge in [-0.05, 0) is 124 Å². The first-order valence-electron chi connectivity index (χ1n) is 21.6. The third kappa shape index (κ3) is 7.31. The fraction of sp³-hybridized carbons (Fsp3) is 0.255. The van der Waals surface area contributed by atoms with Crippen molar-refractivity contribution < 1.29 is 4.74 Å². The second-order valence-corrected chi connectivity index (χ2v) is 18.4. The fourth-order valence-electron chi connectivity index (χ4n) is 8.87. The Morgan fingerprint density at radius 2 is 1.20 bits per heavy atom. The lowest BCUT2D eigenvalue weighted by molar-refractivity contribution is 0.481. The van der Waals surface area contributed by atoms with Crippen molar-refractivity contribution in [2.24, 2.45) is 0 Å². The zero-order chi connectivity index (χ0) is 41.8. The van der Waals surface area contributed by atoms with E-state index in [-0.39, 0.29) is 10.8 Å². The average molecular weight is 789 g/mol. The maximum atomic E-state index is 6.97. The number of anilines is 4. The van der Waals surface area contributed by atoms with Crippen LogP contribution in [0.15, 0.2) is 152 Å². The summed E-state index contributed by atoms with van der Waals surface area (Å²) in [6.07, 6.45) is 4.04. The molecule has 0 saturated heterocycles. The van der Waals surface area contributed by atoms with Crippen LogP contribution in [-0.4, -0.2) is 16.2 Å². The molecule has 1 aliphatic rings. The predicted octanol–water partition coefficient (Wildman–Crippen LogP) is 15.4. The van der Waals surface area contributed by atoms with Crippen molar-refractivity contribution in [2.45, 2.75) is 85.0 Å². The summed E-state index contributed by atoms with van der Waals surface area (Å²) in [6.45, 7) is 18.9. The maximum Gasteiger partial charge on any atom is 0.137 e. The van der Waals surface area contributed by atoms with E-state index in [1.54, 1.807) is 0 Å². The molecule has 0 N–H and O–H groups in total. The molecule has 0 radical (unpaired) electrons. The molecule has 8 aromatic rings. The maximum absolute atomic E-state index is 6.97. The molecule has 0 spiro atoms. The highest BCUT2D eigenvalue weighted by molar-refractivity contribution is 6.09. The third-order valence-corrected chi connectivity index (χ3v) is 12.4. The minimum atomic E-state index is -0.0152. The standard InChI is InChI=1S/C55H56N4O/c1-9-37(10-2)40-30-44(58-36-57(50-22-16-17-23-51(50)58)43-29-39(38-18-12-11-13-19-38)28-42(32-43)55(6,7)8)34-46(31-40)60-45-24-25-48-47-20-14-15-21-49(47)59(52(48)35-45)53-33-41(26-27-56-53)54(3,4)5/h11-35,37H,9-10,36H2,1-8H3. The normalized spacial score (nSPS) is 13.2. The van der Waals surface area contributed by atoms with Gasteiger partial charge in [-0.3, -0.25) is 4.57 Å². The van der Waals surface area contributed by atoms with Crippen molar-refractivity contribution in [2.75, 3.05) is 16.5 Å². The van der Waals surface area contributed by atoms with Crippen LogP contribution in [0.25, 0.3) is 38.8 Å². The Morgan fingerprint density at radius 1 is 0.550 bits per heavy atom.